The topological polar surface area (TPSA) is 61.4 Å². The van der Waals surface area contributed by atoms with Gasteiger partial charge in [-0.25, -0.2) is 0 Å². The SMILES string of the molecule is CCNCC(C)C(=O)Nc1cccc(CCCO)c1. The van der Waals surface area contributed by atoms with Gasteiger partial charge >= 0.3 is 0 Å². The third-order valence-electron chi connectivity index (χ3n) is 2.97. The van der Waals surface area contributed by atoms with Crippen molar-refractivity contribution in [2.45, 2.75) is 26.7 Å². The number of hydrogen-bond donors (Lipinski definition) is 3. The second-order valence-corrected chi connectivity index (χ2v) is 4.73. The maximum atomic E-state index is 12.0. The number of nitrogens with one attached hydrogen (secondary N) is 2. The Kier molecular flexibility index (Phi) is 7.15. The lowest BCUT2D eigenvalue weighted by atomic mass is 10.1. The Balaban J connectivity index is 2.53. The Morgan fingerprint density at radius 2 is 2.21 bits per heavy atom. The standard InChI is InChI=1S/C15H24N2O2/c1-3-16-11-12(2)15(19)17-14-8-4-6-13(10-14)7-5-9-18/h4,6,8,10,12,16,18H,3,5,7,9,11H2,1-2H3,(H,17,19). The van der Waals surface area contributed by atoms with Crippen LogP contribution in [0.1, 0.15) is 25.8 Å². The third kappa shape index (κ3) is 5.85. The Hall–Kier alpha value is -1.39. The van der Waals surface area contributed by atoms with Crippen LogP contribution in [0.2, 0.25) is 0 Å². The number of rotatable bonds is 8. The lowest BCUT2D eigenvalue weighted by Gasteiger charge is -2.13. The Morgan fingerprint density at radius 1 is 1.42 bits per heavy atom. The number of amides is 1. The summed E-state index contributed by atoms with van der Waals surface area (Å²) in [7, 11) is 0. The van der Waals surface area contributed by atoms with Gasteiger partial charge in [0.2, 0.25) is 5.91 Å². The van der Waals surface area contributed by atoms with Gasteiger partial charge in [0, 0.05) is 24.8 Å². The number of carbonyl (C=O) groups is 1. The summed E-state index contributed by atoms with van der Waals surface area (Å²) in [6.07, 6.45) is 1.57. The molecule has 1 unspecified atom stereocenters. The van der Waals surface area contributed by atoms with E-state index in [1.165, 1.54) is 0 Å². The molecule has 0 radical (unpaired) electrons. The van der Waals surface area contributed by atoms with E-state index in [4.69, 9.17) is 5.11 Å². The lowest BCUT2D eigenvalue weighted by molar-refractivity contribution is -0.119. The molecule has 19 heavy (non-hydrogen) atoms. The molecule has 0 aromatic heterocycles. The zero-order valence-corrected chi connectivity index (χ0v) is 11.8. The van der Waals surface area contributed by atoms with Crippen molar-refractivity contribution in [3.8, 4) is 0 Å². The van der Waals surface area contributed by atoms with Gasteiger partial charge in [0.05, 0.1) is 0 Å². The van der Waals surface area contributed by atoms with Crippen molar-refractivity contribution in [2.75, 3.05) is 25.0 Å². The molecule has 0 fully saturated rings. The van der Waals surface area contributed by atoms with Gasteiger partial charge in [0.1, 0.15) is 0 Å². The van der Waals surface area contributed by atoms with E-state index in [9.17, 15) is 4.79 Å². The summed E-state index contributed by atoms with van der Waals surface area (Å²) in [4.78, 5) is 12.0. The molecule has 4 heteroatoms. The van der Waals surface area contributed by atoms with Crippen LogP contribution in [0.5, 0.6) is 0 Å². The Bertz CT molecular complexity index is 393. The third-order valence-corrected chi connectivity index (χ3v) is 2.97. The molecular formula is C15H24N2O2. The minimum atomic E-state index is -0.0546. The summed E-state index contributed by atoms with van der Waals surface area (Å²) in [5.74, 6) is -0.0266. The first-order chi connectivity index (χ1) is 9.17. The highest BCUT2D eigenvalue weighted by Gasteiger charge is 2.12. The summed E-state index contributed by atoms with van der Waals surface area (Å²) in [6, 6.07) is 7.79. The summed E-state index contributed by atoms with van der Waals surface area (Å²) in [5, 5.41) is 14.9. The van der Waals surface area contributed by atoms with Crippen LogP contribution in [-0.4, -0.2) is 30.7 Å². The highest BCUT2D eigenvalue weighted by atomic mass is 16.2. The molecule has 0 heterocycles. The van der Waals surface area contributed by atoms with E-state index in [-0.39, 0.29) is 18.4 Å². The van der Waals surface area contributed by atoms with Gasteiger partial charge in [-0.15, -0.1) is 0 Å². The Labute approximate surface area is 115 Å². The monoisotopic (exact) mass is 264 g/mol. The van der Waals surface area contributed by atoms with Crippen molar-refractivity contribution in [3.05, 3.63) is 29.8 Å². The largest absolute Gasteiger partial charge is 0.396 e. The summed E-state index contributed by atoms with van der Waals surface area (Å²) >= 11 is 0. The maximum Gasteiger partial charge on any atom is 0.228 e. The molecule has 4 nitrogen and oxygen atoms in total. The van der Waals surface area contributed by atoms with Crippen LogP contribution in [0.3, 0.4) is 0 Å². The van der Waals surface area contributed by atoms with Crippen LogP contribution >= 0.6 is 0 Å². The molecule has 0 saturated carbocycles. The summed E-state index contributed by atoms with van der Waals surface area (Å²) in [5.41, 5.74) is 1.95. The average molecular weight is 264 g/mol. The second-order valence-electron chi connectivity index (χ2n) is 4.73. The normalized spacial score (nSPS) is 12.2. The van der Waals surface area contributed by atoms with Gasteiger partial charge in [-0.2, -0.15) is 0 Å². The average Bonchev–Trinajstić information content (AvgIpc) is 2.42. The van der Waals surface area contributed by atoms with Gasteiger partial charge in [0.25, 0.3) is 0 Å². The molecule has 0 bridgehead atoms. The van der Waals surface area contributed by atoms with Crippen molar-refractivity contribution in [2.24, 2.45) is 5.92 Å². The van der Waals surface area contributed by atoms with Crippen LogP contribution in [0.4, 0.5) is 5.69 Å². The van der Waals surface area contributed by atoms with Crippen LogP contribution in [0.25, 0.3) is 0 Å². The van der Waals surface area contributed by atoms with Crippen LogP contribution < -0.4 is 10.6 Å². The zero-order valence-electron chi connectivity index (χ0n) is 11.8. The van der Waals surface area contributed by atoms with Crippen LogP contribution in [-0.2, 0) is 11.2 Å². The highest BCUT2D eigenvalue weighted by molar-refractivity contribution is 5.92. The van der Waals surface area contributed by atoms with E-state index < -0.39 is 0 Å². The lowest BCUT2D eigenvalue weighted by Crippen LogP contribution is -2.30. The number of anilines is 1. The smallest absolute Gasteiger partial charge is 0.228 e. The molecular weight excluding hydrogens is 240 g/mol. The molecule has 1 atom stereocenters. The molecule has 0 spiro atoms. The van der Waals surface area contributed by atoms with E-state index in [2.05, 4.69) is 10.6 Å². The number of aliphatic hydroxyl groups excluding tert-OH is 1. The second kappa shape index (κ2) is 8.67. The van der Waals surface area contributed by atoms with E-state index in [1.807, 2.05) is 38.1 Å². The van der Waals surface area contributed by atoms with Crippen molar-refractivity contribution in [1.29, 1.82) is 0 Å². The fourth-order valence-electron chi connectivity index (χ4n) is 1.81. The fraction of sp³-hybridized carbons (Fsp3) is 0.533. The van der Waals surface area contributed by atoms with Gasteiger partial charge < -0.3 is 15.7 Å². The molecule has 1 rings (SSSR count). The van der Waals surface area contributed by atoms with Crippen molar-refractivity contribution in [3.63, 3.8) is 0 Å². The van der Waals surface area contributed by atoms with Crippen LogP contribution in [0, 0.1) is 5.92 Å². The van der Waals surface area contributed by atoms with Crippen molar-refractivity contribution < 1.29 is 9.90 Å². The summed E-state index contributed by atoms with van der Waals surface area (Å²) in [6.45, 7) is 5.68. The number of benzene rings is 1. The zero-order chi connectivity index (χ0) is 14.1. The number of hydrogen-bond acceptors (Lipinski definition) is 3. The molecule has 1 aromatic rings. The number of aryl methyl sites for hydroxylation is 1. The molecule has 1 aromatic carbocycles. The minimum Gasteiger partial charge on any atom is -0.396 e. The minimum absolute atomic E-state index is 0.0280. The Morgan fingerprint density at radius 3 is 2.89 bits per heavy atom. The van der Waals surface area contributed by atoms with Crippen molar-refractivity contribution in [1.82, 2.24) is 5.32 Å². The highest BCUT2D eigenvalue weighted by Crippen LogP contribution is 2.13. The molecule has 0 saturated heterocycles. The molecule has 0 aliphatic heterocycles. The van der Waals surface area contributed by atoms with Gasteiger partial charge in [0.15, 0.2) is 0 Å². The first-order valence-electron chi connectivity index (χ1n) is 6.88. The summed E-state index contributed by atoms with van der Waals surface area (Å²) < 4.78 is 0. The van der Waals surface area contributed by atoms with E-state index in [0.29, 0.717) is 6.54 Å². The quantitative estimate of drug-likeness (QED) is 0.671. The van der Waals surface area contributed by atoms with E-state index in [1.54, 1.807) is 0 Å². The first-order valence-corrected chi connectivity index (χ1v) is 6.88. The predicted molar refractivity (Wildman–Crippen MR) is 78.2 cm³/mol. The van der Waals surface area contributed by atoms with Gasteiger partial charge in [-0.1, -0.05) is 26.0 Å². The van der Waals surface area contributed by atoms with E-state index >= 15 is 0 Å². The predicted octanol–water partition coefficient (Wildman–Crippen LogP) is 1.80. The maximum absolute atomic E-state index is 12.0. The molecule has 0 aliphatic carbocycles. The number of carbonyl (C=O) groups excluding carboxylic acids is 1. The van der Waals surface area contributed by atoms with E-state index in [0.717, 1.165) is 30.6 Å². The fourth-order valence-corrected chi connectivity index (χ4v) is 1.81. The molecule has 1 amide bonds. The van der Waals surface area contributed by atoms with Gasteiger partial charge in [-0.05, 0) is 37.1 Å². The number of aliphatic hydroxyl groups is 1. The van der Waals surface area contributed by atoms with Crippen molar-refractivity contribution >= 4 is 11.6 Å². The van der Waals surface area contributed by atoms with Crippen LogP contribution in [0.15, 0.2) is 24.3 Å². The first kappa shape index (κ1) is 15.7. The molecule has 106 valence electrons. The molecule has 0 aliphatic rings. The van der Waals surface area contributed by atoms with Gasteiger partial charge in [-0.3, -0.25) is 4.79 Å². The molecule has 3 N–H and O–H groups in total.